The third kappa shape index (κ3) is 5.32. The van der Waals surface area contributed by atoms with Gasteiger partial charge in [0.25, 0.3) is 0 Å². The van der Waals surface area contributed by atoms with Crippen LogP contribution < -0.4 is 10.1 Å². The first-order valence-corrected chi connectivity index (χ1v) is 10.2. The fourth-order valence-corrected chi connectivity index (χ4v) is 3.77. The summed E-state index contributed by atoms with van der Waals surface area (Å²) in [6.07, 6.45) is 3.29. The second-order valence-electron chi connectivity index (χ2n) is 7.90. The molecule has 1 fully saturated rings. The Morgan fingerprint density at radius 3 is 2.70 bits per heavy atom. The van der Waals surface area contributed by atoms with Crippen LogP contribution in [-0.2, 0) is 19.5 Å². The first-order chi connectivity index (χ1) is 13.3. The Morgan fingerprint density at radius 1 is 1.07 bits per heavy atom. The number of nitrogens with one attached hydrogen (secondary N) is 1. The molecule has 1 unspecified atom stereocenters. The van der Waals surface area contributed by atoms with Crippen LogP contribution in [0.3, 0.4) is 0 Å². The van der Waals surface area contributed by atoms with Crippen molar-refractivity contribution in [2.24, 2.45) is 5.92 Å². The van der Waals surface area contributed by atoms with Crippen LogP contribution in [0.15, 0.2) is 48.5 Å². The van der Waals surface area contributed by atoms with E-state index < -0.39 is 6.10 Å². The van der Waals surface area contributed by atoms with Crippen LogP contribution in [0.1, 0.15) is 29.5 Å². The molecule has 1 heterocycles. The van der Waals surface area contributed by atoms with E-state index in [4.69, 9.17) is 4.74 Å². The number of hydrogen-bond acceptors (Lipinski definition) is 4. The number of ether oxygens (including phenoxy) is 1. The zero-order valence-electron chi connectivity index (χ0n) is 15.9. The SMILES string of the molecule is OC(COc1ccccc1CNCC1CC1)CN1CCc2ccccc2C1. The summed E-state index contributed by atoms with van der Waals surface area (Å²) in [5.74, 6) is 1.75. The molecule has 2 aliphatic rings. The highest BCUT2D eigenvalue weighted by molar-refractivity contribution is 5.33. The maximum atomic E-state index is 10.5. The predicted molar refractivity (Wildman–Crippen MR) is 108 cm³/mol. The van der Waals surface area contributed by atoms with E-state index in [2.05, 4.69) is 40.5 Å². The minimum absolute atomic E-state index is 0.331. The Kier molecular flexibility index (Phi) is 6.07. The standard InChI is InChI=1S/C23H30N2O2/c26-22(16-25-12-11-19-5-1-2-7-21(19)15-25)17-27-23-8-4-3-6-20(23)14-24-13-18-9-10-18/h1-8,18,22,24,26H,9-17H2. The second-order valence-corrected chi connectivity index (χ2v) is 7.90. The first kappa shape index (κ1) is 18.5. The smallest absolute Gasteiger partial charge is 0.123 e. The van der Waals surface area contributed by atoms with Crippen LogP contribution in [0.2, 0.25) is 0 Å². The molecule has 1 saturated carbocycles. The molecular weight excluding hydrogens is 336 g/mol. The van der Waals surface area contributed by atoms with Gasteiger partial charge in [-0.25, -0.2) is 0 Å². The molecule has 0 radical (unpaired) electrons. The van der Waals surface area contributed by atoms with Gasteiger partial charge in [0, 0.05) is 31.7 Å². The molecule has 2 aromatic rings. The van der Waals surface area contributed by atoms with E-state index in [1.807, 2.05) is 18.2 Å². The van der Waals surface area contributed by atoms with Crippen LogP contribution in [0.4, 0.5) is 0 Å². The van der Waals surface area contributed by atoms with Crippen LogP contribution in [0.5, 0.6) is 5.75 Å². The summed E-state index contributed by atoms with van der Waals surface area (Å²) in [4.78, 5) is 2.32. The molecule has 2 aromatic carbocycles. The van der Waals surface area contributed by atoms with E-state index in [9.17, 15) is 5.11 Å². The Bertz CT molecular complexity index is 745. The Hall–Kier alpha value is -1.88. The van der Waals surface area contributed by atoms with Gasteiger partial charge in [-0.3, -0.25) is 4.90 Å². The predicted octanol–water partition coefficient (Wildman–Crippen LogP) is 2.98. The van der Waals surface area contributed by atoms with E-state index >= 15 is 0 Å². The summed E-state index contributed by atoms with van der Waals surface area (Å²) in [5.41, 5.74) is 3.98. The third-order valence-corrected chi connectivity index (χ3v) is 5.53. The highest BCUT2D eigenvalue weighted by Gasteiger charge is 2.21. The number of hydrogen-bond donors (Lipinski definition) is 2. The highest BCUT2D eigenvalue weighted by atomic mass is 16.5. The summed E-state index contributed by atoms with van der Waals surface area (Å²) < 4.78 is 5.97. The average Bonchev–Trinajstić information content (AvgIpc) is 3.51. The van der Waals surface area contributed by atoms with Crippen LogP contribution in [-0.4, -0.2) is 42.4 Å². The molecule has 4 heteroatoms. The minimum Gasteiger partial charge on any atom is -0.491 e. The monoisotopic (exact) mass is 366 g/mol. The van der Waals surface area contributed by atoms with Gasteiger partial charge in [-0.05, 0) is 48.9 Å². The quantitative estimate of drug-likeness (QED) is 0.716. The molecule has 1 aliphatic heterocycles. The van der Waals surface area contributed by atoms with Crippen molar-refractivity contribution in [2.45, 2.75) is 38.5 Å². The van der Waals surface area contributed by atoms with Crippen LogP contribution >= 0.6 is 0 Å². The van der Waals surface area contributed by atoms with E-state index in [1.165, 1.54) is 24.0 Å². The first-order valence-electron chi connectivity index (χ1n) is 10.2. The van der Waals surface area contributed by atoms with Crippen LogP contribution in [0.25, 0.3) is 0 Å². The maximum Gasteiger partial charge on any atom is 0.123 e. The molecule has 0 spiro atoms. The Balaban J connectivity index is 1.25. The number of aliphatic hydroxyl groups excluding tert-OH is 1. The number of fused-ring (bicyclic) bond motifs is 1. The number of para-hydroxylation sites is 1. The molecule has 0 amide bonds. The van der Waals surface area contributed by atoms with Crippen molar-refractivity contribution < 1.29 is 9.84 Å². The fraction of sp³-hybridized carbons (Fsp3) is 0.478. The lowest BCUT2D eigenvalue weighted by Crippen LogP contribution is -2.38. The van der Waals surface area contributed by atoms with E-state index in [0.29, 0.717) is 13.2 Å². The Labute approximate surface area is 162 Å². The minimum atomic E-state index is -0.484. The molecule has 144 valence electrons. The van der Waals surface area contributed by atoms with Crippen molar-refractivity contribution in [1.29, 1.82) is 0 Å². The topological polar surface area (TPSA) is 44.7 Å². The van der Waals surface area contributed by atoms with Gasteiger partial charge in [0.15, 0.2) is 0 Å². The number of benzene rings is 2. The molecule has 1 atom stereocenters. The number of aliphatic hydroxyl groups is 1. The fourth-order valence-electron chi connectivity index (χ4n) is 3.77. The van der Waals surface area contributed by atoms with Crippen LogP contribution in [0, 0.1) is 5.92 Å². The zero-order chi connectivity index (χ0) is 18.5. The molecular formula is C23H30N2O2. The Morgan fingerprint density at radius 2 is 1.85 bits per heavy atom. The van der Waals surface area contributed by atoms with E-state index in [1.54, 1.807) is 0 Å². The summed E-state index contributed by atoms with van der Waals surface area (Å²) in [7, 11) is 0. The maximum absolute atomic E-state index is 10.5. The van der Waals surface area contributed by atoms with Gasteiger partial charge >= 0.3 is 0 Å². The molecule has 4 rings (SSSR count). The highest BCUT2D eigenvalue weighted by Crippen LogP contribution is 2.28. The zero-order valence-corrected chi connectivity index (χ0v) is 15.9. The van der Waals surface area contributed by atoms with Crippen molar-refractivity contribution >= 4 is 0 Å². The second kappa shape index (κ2) is 8.87. The van der Waals surface area contributed by atoms with Gasteiger partial charge in [-0.15, -0.1) is 0 Å². The molecule has 0 saturated heterocycles. The molecule has 2 N–H and O–H groups in total. The van der Waals surface area contributed by atoms with Gasteiger partial charge in [0.1, 0.15) is 18.5 Å². The van der Waals surface area contributed by atoms with Gasteiger partial charge in [0.05, 0.1) is 0 Å². The van der Waals surface area contributed by atoms with Crippen molar-refractivity contribution in [1.82, 2.24) is 10.2 Å². The van der Waals surface area contributed by atoms with E-state index in [-0.39, 0.29) is 0 Å². The molecule has 27 heavy (non-hydrogen) atoms. The average molecular weight is 367 g/mol. The van der Waals surface area contributed by atoms with Gasteiger partial charge in [0.2, 0.25) is 0 Å². The lowest BCUT2D eigenvalue weighted by molar-refractivity contribution is 0.0634. The lowest BCUT2D eigenvalue weighted by Gasteiger charge is -2.30. The normalized spacial score (nSPS) is 18.1. The lowest BCUT2D eigenvalue weighted by atomic mass is 10.00. The molecule has 4 nitrogen and oxygen atoms in total. The molecule has 0 aromatic heterocycles. The summed E-state index contributed by atoms with van der Waals surface area (Å²) in [5, 5.41) is 14.0. The van der Waals surface area contributed by atoms with Gasteiger partial charge in [-0.2, -0.15) is 0 Å². The van der Waals surface area contributed by atoms with Crippen molar-refractivity contribution in [3.8, 4) is 5.75 Å². The number of nitrogens with zero attached hydrogens (tertiary/aromatic N) is 1. The van der Waals surface area contributed by atoms with Gasteiger partial charge < -0.3 is 15.2 Å². The van der Waals surface area contributed by atoms with Gasteiger partial charge in [-0.1, -0.05) is 42.5 Å². The molecule has 1 aliphatic carbocycles. The van der Waals surface area contributed by atoms with Crippen molar-refractivity contribution in [3.63, 3.8) is 0 Å². The van der Waals surface area contributed by atoms with E-state index in [0.717, 1.165) is 49.8 Å². The van der Waals surface area contributed by atoms with Crippen molar-refractivity contribution in [2.75, 3.05) is 26.2 Å². The number of rotatable bonds is 9. The summed E-state index contributed by atoms with van der Waals surface area (Å²) in [6.45, 7) is 4.80. The molecule has 0 bridgehead atoms. The largest absolute Gasteiger partial charge is 0.491 e. The number of β-amino-alcohol motifs (C(OH)–C–C–N with tert-alkyl or cyclic N) is 1. The summed E-state index contributed by atoms with van der Waals surface area (Å²) in [6, 6.07) is 16.7. The van der Waals surface area contributed by atoms with Crippen molar-refractivity contribution in [3.05, 3.63) is 65.2 Å². The third-order valence-electron chi connectivity index (χ3n) is 5.53. The summed E-state index contributed by atoms with van der Waals surface area (Å²) >= 11 is 0.